The van der Waals surface area contributed by atoms with Crippen LogP contribution in [0.15, 0.2) is 0 Å². The summed E-state index contributed by atoms with van der Waals surface area (Å²) in [4.78, 5) is 12.2. The van der Waals surface area contributed by atoms with Crippen LogP contribution in [-0.4, -0.2) is 24.0 Å². The second-order valence-corrected chi connectivity index (χ2v) is 6.42. The maximum Gasteiger partial charge on any atom is 0.237 e. The molecule has 19 heavy (non-hydrogen) atoms. The van der Waals surface area contributed by atoms with Gasteiger partial charge in [-0.05, 0) is 32.6 Å². The van der Waals surface area contributed by atoms with E-state index in [1.807, 2.05) is 6.92 Å². The van der Waals surface area contributed by atoms with E-state index in [0.717, 1.165) is 0 Å². The molecular weight excluding hydrogens is 236 g/mol. The van der Waals surface area contributed by atoms with E-state index >= 15 is 0 Å². The summed E-state index contributed by atoms with van der Waals surface area (Å²) in [5, 5.41) is 6.76. The number of carbonyl (C=O) groups is 1. The molecule has 3 heteroatoms. The van der Waals surface area contributed by atoms with Gasteiger partial charge in [-0.3, -0.25) is 4.79 Å². The van der Waals surface area contributed by atoms with E-state index < -0.39 is 0 Å². The highest BCUT2D eigenvalue weighted by molar-refractivity contribution is 5.81. The van der Waals surface area contributed by atoms with E-state index in [0.29, 0.717) is 12.1 Å². The van der Waals surface area contributed by atoms with Gasteiger partial charge in [0.1, 0.15) is 0 Å². The van der Waals surface area contributed by atoms with E-state index in [-0.39, 0.29) is 11.9 Å². The fraction of sp³-hybridized carbons (Fsp3) is 0.938. The molecule has 0 aromatic rings. The third-order valence-corrected chi connectivity index (χ3v) is 4.69. The lowest BCUT2D eigenvalue weighted by Crippen LogP contribution is -2.49. The fourth-order valence-corrected chi connectivity index (χ4v) is 3.45. The first-order chi connectivity index (χ1) is 9.25. The average molecular weight is 266 g/mol. The normalized spacial score (nSPS) is 24.7. The Balaban J connectivity index is 1.71. The Morgan fingerprint density at radius 2 is 1.32 bits per heavy atom. The molecule has 2 saturated carbocycles. The van der Waals surface area contributed by atoms with Crippen molar-refractivity contribution in [3.05, 3.63) is 0 Å². The Bertz CT molecular complexity index is 266. The number of hydrogen-bond donors (Lipinski definition) is 2. The molecule has 0 aliphatic heterocycles. The zero-order valence-electron chi connectivity index (χ0n) is 12.4. The summed E-state index contributed by atoms with van der Waals surface area (Å²) in [6.07, 6.45) is 14.0. The molecule has 110 valence electrons. The predicted molar refractivity (Wildman–Crippen MR) is 79.1 cm³/mol. The Morgan fingerprint density at radius 3 is 1.89 bits per heavy atom. The molecule has 0 spiro atoms. The first-order valence-corrected chi connectivity index (χ1v) is 8.32. The Hall–Kier alpha value is -0.570. The third kappa shape index (κ3) is 5.13. The molecule has 0 heterocycles. The second kappa shape index (κ2) is 7.88. The van der Waals surface area contributed by atoms with Crippen LogP contribution >= 0.6 is 0 Å². The SMILES string of the molecule is CC(NC1CCCCCC1)C(=O)NC1CCCCC1. The van der Waals surface area contributed by atoms with Crippen LogP contribution < -0.4 is 10.6 Å². The number of hydrogen-bond acceptors (Lipinski definition) is 2. The minimum absolute atomic E-state index is 0.0370. The largest absolute Gasteiger partial charge is 0.352 e. The van der Waals surface area contributed by atoms with Crippen LogP contribution in [0, 0.1) is 0 Å². The molecule has 0 saturated heterocycles. The third-order valence-electron chi connectivity index (χ3n) is 4.69. The van der Waals surface area contributed by atoms with Crippen LogP contribution in [0.5, 0.6) is 0 Å². The molecule has 2 rings (SSSR count). The summed E-state index contributed by atoms with van der Waals surface area (Å²) < 4.78 is 0. The van der Waals surface area contributed by atoms with Crippen molar-refractivity contribution in [2.24, 2.45) is 0 Å². The van der Waals surface area contributed by atoms with E-state index in [1.165, 1.54) is 70.6 Å². The standard InChI is InChI=1S/C16H30N2O/c1-13(17-14-9-5-2-3-6-10-14)16(19)18-15-11-7-4-8-12-15/h13-15,17H,2-12H2,1H3,(H,18,19). The summed E-state index contributed by atoms with van der Waals surface area (Å²) in [7, 11) is 0. The molecule has 0 aromatic heterocycles. The highest BCUT2D eigenvalue weighted by Crippen LogP contribution is 2.19. The molecule has 0 bridgehead atoms. The fourth-order valence-electron chi connectivity index (χ4n) is 3.45. The van der Waals surface area contributed by atoms with Gasteiger partial charge in [0.15, 0.2) is 0 Å². The van der Waals surface area contributed by atoms with Crippen LogP contribution in [0.4, 0.5) is 0 Å². The maximum atomic E-state index is 12.2. The summed E-state index contributed by atoms with van der Waals surface area (Å²) >= 11 is 0. The minimum atomic E-state index is -0.0370. The predicted octanol–water partition coefficient (Wildman–Crippen LogP) is 3.14. The van der Waals surface area contributed by atoms with E-state index in [4.69, 9.17) is 0 Å². The lowest BCUT2D eigenvalue weighted by molar-refractivity contribution is -0.123. The van der Waals surface area contributed by atoms with Crippen LogP contribution in [0.25, 0.3) is 0 Å². The van der Waals surface area contributed by atoms with E-state index in [9.17, 15) is 4.79 Å². The van der Waals surface area contributed by atoms with Gasteiger partial charge < -0.3 is 10.6 Å². The summed E-state index contributed by atoms with van der Waals surface area (Å²) in [5.41, 5.74) is 0. The summed E-state index contributed by atoms with van der Waals surface area (Å²) in [5.74, 6) is 0.205. The highest BCUT2D eigenvalue weighted by atomic mass is 16.2. The van der Waals surface area contributed by atoms with Crippen LogP contribution in [0.1, 0.15) is 77.6 Å². The van der Waals surface area contributed by atoms with Crippen LogP contribution in [0.2, 0.25) is 0 Å². The molecule has 0 aromatic carbocycles. The lowest BCUT2D eigenvalue weighted by Gasteiger charge is -2.26. The molecule has 2 aliphatic carbocycles. The van der Waals surface area contributed by atoms with Crippen molar-refractivity contribution in [3.8, 4) is 0 Å². The monoisotopic (exact) mass is 266 g/mol. The molecule has 1 atom stereocenters. The smallest absolute Gasteiger partial charge is 0.237 e. The molecule has 1 amide bonds. The van der Waals surface area contributed by atoms with Crippen molar-refractivity contribution in [2.45, 2.75) is 95.7 Å². The molecule has 3 nitrogen and oxygen atoms in total. The van der Waals surface area contributed by atoms with Crippen molar-refractivity contribution in [3.63, 3.8) is 0 Å². The van der Waals surface area contributed by atoms with Crippen LogP contribution in [0.3, 0.4) is 0 Å². The quantitative estimate of drug-likeness (QED) is 0.768. The summed E-state index contributed by atoms with van der Waals surface area (Å²) in [6.45, 7) is 2.02. The minimum Gasteiger partial charge on any atom is -0.352 e. The molecule has 1 unspecified atom stereocenters. The van der Waals surface area contributed by atoms with Gasteiger partial charge in [0.05, 0.1) is 6.04 Å². The number of nitrogens with one attached hydrogen (secondary N) is 2. The maximum absolute atomic E-state index is 12.2. The van der Waals surface area contributed by atoms with Gasteiger partial charge in [-0.1, -0.05) is 44.9 Å². The number of amides is 1. The van der Waals surface area contributed by atoms with Crippen molar-refractivity contribution in [1.82, 2.24) is 10.6 Å². The molecule has 2 aliphatic rings. The van der Waals surface area contributed by atoms with Crippen molar-refractivity contribution in [1.29, 1.82) is 0 Å². The zero-order valence-corrected chi connectivity index (χ0v) is 12.4. The highest BCUT2D eigenvalue weighted by Gasteiger charge is 2.22. The summed E-state index contributed by atoms with van der Waals surface area (Å²) in [6, 6.07) is 0.944. The molecule has 2 fully saturated rings. The van der Waals surface area contributed by atoms with E-state index in [2.05, 4.69) is 10.6 Å². The topological polar surface area (TPSA) is 41.1 Å². The van der Waals surface area contributed by atoms with Gasteiger partial charge in [-0.15, -0.1) is 0 Å². The molecule has 2 N–H and O–H groups in total. The zero-order chi connectivity index (χ0) is 13.5. The lowest BCUT2D eigenvalue weighted by atomic mass is 9.95. The number of carbonyl (C=O) groups excluding carboxylic acids is 1. The van der Waals surface area contributed by atoms with Gasteiger partial charge in [-0.2, -0.15) is 0 Å². The average Bonchev–Trinajstić information content (AvgIpc) is 2.68. The Morgan fingerprint density at radius 1 is 0.842 bits per heavy atom. The van der Waals surface area contributed by atoms with Gasteiger partial charge >= 0.3 is 0 Å². The van der Waals surface area contributed by atoms with E-state index in [1.54, 1.807) is 0 Å². The van der Waals surface area contributed by atoms with Crippen molar-refractivity contribution < 1.29 is 4.79 Å². The molecule has 0 radical (unpaired) electrons. The Labute approximate surface area is 117 Å². The van der Waals surface area contributed by atoms with Crippen molar-refractivity contribution >= 4 is 5.91 Å². The molecular formula is C16H30N2O. The Kier molecular flexibility index (Phi) is 6.15. The number of rotatable bonds is 4. The van der Waals surface area contributed by atoms with Crippen molar-refractivity contribution in [2.75, 3.05) is 0 Å². The van der Waals surface area contributed by atoms with Gasteiger partial charge in [0.25, 0.3) is 0 Å². The first kappa shape index (κ1) is 14.8. The van der Waals surface area contributed by atoms with Gasteiger partial charge in [-0.25, -0.2) is 0 Å². The van der Waals surface area contributed by atoms with Crippen LogP contribution in [-0.2, 0) is 4.79 Å². The van der Waals surface area contributed by atoms with Gasteiger partial charge in [0.2, 0.25) is 5.91 Å². The second-order valence-electron chi connectivity index (χ2n) is 6.42. The first-order valence-electron chi connectivity index (χ1n) is 8.32. The van der Waals surface area contributed by atoms with Gasteiger partial charge in [0, 0.05) is 12.1 Å².